The predicted molar refractivity (Wildman–Crippen MR) is 104 cm³/mol. The molecule has 0 radical (unpaired) electrons. The maximum atomic E-state index is 12.8. The van der Waals surface area contributed by atoms with Crippen molar-refractivity contribution in [1.29, 1.82) is 0 Å². The van der Waals surface area contributed by atoms with Gasteiger partial charge < -0.3 is 5.32 Å². The molecule has 1 aromatic heterocycles. The fourth-order valence-electron chi connectivity index (χ4n) is 2.95. The first-order valence-corrected chi connectivity index (χ1v) is 11.7. The van der Waals surface area contributed by atoms with Crippen molar-refractivity contribution < 1.29 is 13.2 Å². The van der Waals surface area contributed by atoms with Gasteiger partial charge in [0.2, 0.25) is 5.91 Å². The Hall–Kier alpha value is -1.35. The second-order valence-corrected chi connectivity index (χ2v) is 9.76. The van der Waals surface area contributed by atoms with E-state index in [0.717, 1.165) is 11.3 Å². The number of benzene rings is 1. The summed E-state index contributed by atoms with van der Waals surface area (Å²) in [7, 11) is -3.61. The summed E-state index contributed by atoms with van der Waals surface area (Å²) in [4.78, 5) is 12.7. The minimum atomic E-state index is -3.61. The summed E-state index contributed by atoms with van der Waals surface area (Å²) < 4.78 is 27.1. The number of rotatable bonds is 6. The smallest absolute Gasteiger partial charge is 0.253 e. The first kappa shape index (κ1) is 18.4. The van der Waals surface area contributed by atoms with Gasteiger partial charge in [-0.2, -0.15) is 16.1 Å². The summed E-state index contributed by atoms with van der Waals surface area (Å²) in [5.74, 6) is 0.602. The summed E-state index contributed by atoms with van der Waals surface area (Å²) in [6, 6.07) is 10.3. The van der Waals surface area contributed by atoms with Crippen LogP contribution in [0.5, 0.6) is 0 Å². The highest BCUT2D eigenvalue weighted by molar-refractivity contribution is 7.97. The number of amides is 1. The third-order valence-electron chi connectivity index (χ3n) is 4.07. The van der Waals surface area contributed by atoms with Gasteiger partial charge in [0, 0.05) is 18.0 Å². The summed E-state index contributed by atoms with van der Waals surface area (Å²) >= 11 is 2.89. The van der Waals surface area contributed by atoms with Gasteiger partial charge in [-0.05, 0) is 48.2 Å². The number of nitrogens with one attached hydrogen (secondary N) is 1. The van der Waals surface area contributed by atoms with Crippen LogP contribution < -0.4 is 5.32 Å². The first-order valence-electron chi connectivity index (χ1n) is 7.96. The van der Waals surface area contributed by atoms with E-state index in [1.165, 1.54) is 15.6 Å². The highest BCUT2D eigenvalue weighted by Crippen LogP contribution is 2.29. The molecule has 0 aliphatic carbocycles. The van der Waals surface area contributed by atoms with E-state index in [9.17, 15) is 13.2 Å². The molecule has 2 aromatic rings. The van der Waals surface area contributed by atoms with Crippen molar-refractivity contribution in [3.05, 3.63) is 47.3 Å². The zero-order valence-electron chi connectivity index (χ0n) is 13.8. The fourth-order valence-corrected chi connectivity index (χ4v) is 6.24. The van der Waals surface area contributed by atoms with Crippen LogP contribution >= 0.6 is 23.1 Å². The molecule has 5 nitrogen and oxygen atoms in total. The molecule has 25 heavy (non-hydrogen) atoms. The van der Waals surface area contributed by atoms with E-state index in [1.54, 1.807) is 29.3 Å². The summed E-state index contributed by atoms with van der Waals surface area (Å²) in [6.07, 6.45) is 3.26. The number of nitrogens with zero attached hydrogens (tertiary/aromatic N) is 1. The van der Waals surface area contributed by atoms with Crippen LogP contribution in [-0.4, -0.2) is 37.5 Å². The Labute approximate surface area is 156 Å². The lowest BCUT2D eigenvalue weighted by Gasteiger charge is -2.22. The number of carbonyl (C=O) groups is 1. The van der Waals surface area contributed by atoms with Crippen LogP contribution in [0.4, 0.5) is 5.69 Å². The number of hydrogen-bond acceptors (Lipinski definition) is 5. The minimum Gasteiger partial charge on any atom is -0.325 e. The number of sulfonamides is 1. The third-order valence-corrected chi connectivity index (χ3v) is 7.97. The lowest BCUT2D eigenvalue weighted by molar-refractivity contribution is -0.119. The SMILES string of the molecule is CSCc1cccc(NC(=O)C2CCCN2S(=O)(=O)c2cccs2)c1. The van der Waals surface area contributed by atoms with E-state index in [4.69, 9.17) is 0 Å². The Balaban J connectivity index is 1.76. The third kappa shape index (κ3) is 4.08. The van der Waals surface area contributed by atoms with Crippen molar-refractivity contribution in [1.82, 2.24) is 4.31 Å². The highest BCUT2D eigenvalue weighted by atomic mass is 32.2. The molecule has 3 rings (SSSR count). The van der Waals surface area contributed by atoms with E-state index in [0.29, 0.717) is 25.1 Å². The minimum absolute atomic E-state index is 0.265. The molecule has 1 aromatic carbocycles. The van der Waals surface area contributed by atoms with Crippen LogP contribution in [0, 0.1) is 0 Å². The Bertz CT molecular complexity index is 835. The molecule has 1 unspecified atom stereocenters. The van der Waals surface area contributed by atoms with Crippen molar-refractivity contribution in [2.45, 2.75) is 28.8 Å². The molecule has 8 heteroatoms. The summed E-state index contributed by atoms with van der Waals surface area (Å²) in [5.41, 5.74) is 1.83. The van der Waals surface area contributed by atoms with Crippen molar-refractivity contribution in [2.24, 2.45) is 0 Å². The van der Waals surface area contributed by atoms with Gasteiger partial charge in [-0.1, -0.05) is 18.2 Å². The molecular weight excluding hydrogens is 376 g/mol. The predicted octanol–water partition coefficient (Wildman–Crippen LogP) is 3.40. The number of anilines is 1. The van der Waals surface area contributed by atoms with E-state index >= 15 is 0 Å². The molecule has 1 N–H and O–H groups in total. The largest absolute Gasteiger partial charge is 0.325 e. The summed E-state index contributed by atoms with van der Waals surface area (Å²) in [6.45, 7) is 0.380. The van der Waals surface area contributed by atoms with Gasteiger partial charge in [-0.15, -0.1) is 11.3 Å². The van der Waals surface area contributed by atoms with Crippen LogP contribution in [0.25, 0.3) is 0 Å². The van der Waals surface area contributed by atoms with Gasteiger partial charge in [-0.25, -0.2) is 8.42 Å². The van der Waals surface area contributed by atoms with Crippen molar-refractivity contribution in [2.75, 3.05) is 18.1 Å². The Morgan fingerprint density at radius 3 is 2.92 bits per heavy atom. The standard InChI is InChI=1S/C17H20N2O3S3/c1-23-12-13-5-2-6-14(11-13)18-17(20)15-7-3-9-19(15)25(21,22)16-8-4-10-24-16/h2,4-6,8,10-11,15H,3,7,9,12H2,1H3,(H,18,20). The van der Waals surface area contributed by atoms with Crippen LogP contribution in [-0.2, 0) is 20.6 Å². The molecule has 1 fully saturated rings. The van der Waals surface area contributed by atoms with Crippen molar-refractivity contribution in [3.8, 4) is 0 Å². The zero-order chi connectivity index (χ0) is 17.9. The molecule has 1 aliphatic rings. The fraction of sp³-hybridized carbons (Fsp3) is 0.353. The van der Waals surface area contributed by atoms with Crippen LogP contribution in [0.1, 0.15) is 18.4 Å². The van der Waals surface area contributed by atoms with Crippen LogP contribution in [0.3, 0.4) is 0 Å². The summed E-state index contributed by atoms with van der Waals surface area (Å²) in [5, 5.41) is 4.61. The number of thioether (sulfide) groups is 1. The average Bonchev–Trinajstić information content (AvgIpc) is 3.28. The van der Waals surface area contributed by atoms with E-state index in [-0.39, 0.29) is 10.1 Å². The molecule has 2 heterocycles. The van der Waals surface area contributed by atoms with Gasteiger partial charge in [0.05, 0.1) is 0 Å². The molecule has 134 valence electrons. The molecule has 1 saturated heterocycles. The zero-order valence-corrected chi connectivity index (χ0v) is 16.3. The van der Waals surface area contributed by atoms with Crippen molar-refractivity contribution >= 4 is 44.7 Å². The Morgan fingerprint density at radius 2 is 2.20 bits per heavy atom. The number of carbonyl (C=O) groups excluding carboxylic acids is 1. The molecule has 1 atom stereocenters. The first-order chi connectivity index (χ1) is 12.0. The molecule has 1 aliphatic heterocycles. The number of thiophene rings is 1. The van der Waals surface area contributed by atoms with Gasteiger partial charge in [0.1, 0.15) is 10.3 Å². The highest BCUT2D eigenvalue weighted by Gasteiger charge is 2.39. The second-order valence-electron chi connectivity index (χ2n) is 5.83. The van der Waals surface area contributed by atoms with Gasteiger partial charge >= 0.3 is 0 Å². The van der Waals surface area contributed by atoms with E-state index in [2.05, 4.69) is 5.32 Å². The van der Waals surface area contributed by atoms with Crippen LogP contribution in [0.2, 0.25) is 0 Å². The molecular formula is C17H20N2O3S3. The normalized spacial score (nSPS) is 18.4. The topological polar surface area (TPSA) is 66.5 Å². The Morgan fingerprint density at radius 1 is 1.36 bits per heavy atom. The monoisotopic (exact) mass is 396 g/mol. The van der Waals surface area contributed by atoms with Gasteiger partial charge in [0.15, 0.2) is 0 Å². The van der Waals surface area contributed by atoms with E-state index < -0.39 is 16.1 Å². The lowest BCUT2D eigenvalue weighted by atomic mass is 10.2. The lowest BCUT2D eigenvalue weighted by Crippen LogP contribution is -2.42. The molecule has 0 spiro atoms. The maximum Gasteiger partial charge on any atom is 0.253 e. The maximum absolute atomic E-state index is 12.8. The van der Waals surface area contributed by atoms with Crippen molar-refractivity contribution in [3.63, 3.8) is 0 Å². The second kappa shape index (κ2) is 7.90. The van der Waals surface area contributed by atoms with Gasteiger partial charge in [0.25, 0.3) is 10.0 Å². The molecule has 0 saturated carbocycles. The number of hydrogen-bond donors (Lipinski definition) is 1. The Kier molecular flexibility index (Phi) is 5.83. The average molecular weight is 397 g/mol. The molecule has 0 bridgehead atoms. The van der Waals surface area contributed by atoms with E-state index in [1.807, 2.05) is 30.5 Å². The molecule has 1 amide bonds. The van der Waals surface area contributed by atoms with Crippen LogP contribution in [0.15, 0.2) is 46.0 Å². The van der Waals surface area contributed by atoms with Gasteiger partial charge in [-0.3, -0.25) is 4.79 Å². The quantitative estimate of drug-likeness (QED) is 0.813.